The highest BCUT2D eigenvalue weighted by atomic mass is 35.5. The summed E-state index contributed by atoms with van der Waals surface area (Å²) in [4.78, 5) is 0. The Morgan fingerprint density at radius 1 is 1.31 bits per heavy atom. The average molecular weight is 260 g/mol. The lowest BCUT2D eigenvalue weighted by Crippen LogP contribution is -2.53. The third-order valence-corrected chi connectivity index (χ3v) is 3.87. The van der Waals surface area contributed by atoms with Crippen LogP contribution >= 0.6 is 23.2 Å². The molecule has 1 aromatic carbocycles. The van der Waals surface area contributed by atoms with E-state index in [2.05, 4.69) is 5.32 Å². The van der Waals surface area contributed by atoms with Crippen LogP contribution in [-0.2, 0) is 6.54 Å². The van der Waals surface area contributed by atoms with Crippen LogP contribution in [0.3, 0.4) is 0 Å². The Morgan fingerprint density at radius 3 is 2.56 bits per heavy atom. The van der Waals surface area contributed by atoms with Crippen molar-refractivity contribution in [2.75, 3.05) is 6.61 Å². The van der Waals surface area contributed by atoms with Crippen molar-refractivity contribution in [1.82, 2.24) is 5.32 Å². The topological polar surface area (TPSA) is 32.3 Å². The largest absolute Gasteiger partial charge is 0.394 e. The molecule has 0 spiro atoms. The Morgan fingerprint density at radius 2 is 2.06 bits per heavy atom. The highest BCUT2D eigenvalue weighted by Gasteiger charge is 2.35. The molecule has 0 aromatic heterocycles. The molecule has 0 unspecified atom stereocenters. The summed E-state index contributed by atoms with van der Waals surface area (Å²) in [5, 5.41) is 14.0. The monoisotopic (exact) mass is 259 g/mol. The molecule has 1 aliphatic carbocycles. The van der Waals surface area contributed by atoms with Gasteiger partial charge in [0.05, 0.1) is 6.61 Å². The number of benzene rings is 1. The lowest BCUT2D eigenvalue weighted by molar-refractivity contribution is 0.0872. The minimum atomic E-state index is -0.0804. The summed E-state index contributed by atoms with van der Waals surface area (Å²) in [5.74, 6) is 0. The molecule has 88 valence electrons. The number of nitrogens with one attached hydrogen (secondary N) is 1. The fraction of sp³-hybridized carbons (Fsp3) is 0.500. The highest BCUT2D eigenvalue weighted by molar-refractivity contribution is 6.35. The average Bonchev–Trinajstić information content (AvgIpc) is 2.19. The van der Waals surface area contributed by atoms with E-state index in [0.717, 1.165) is 18.4 Å². The molecule has 2 N–H and O–H groups in total. The van der Waals surface area contributed by atoms with Crippen molar-refractivity contribution in [1.29, 1.82) is 0 Å². The molecule has 0 amide bonds. The zero-order valence-corrected chi connectivity index (χ0v) is 10.5. The van der Waals surface area contributed by atoms with E-state index in [0.29, 0.717) is 16.6 Å². The molecule has 0 bridgehead atoms. The van der Waals surface area contributed by atoms with Gasteiger partial charge in [-0.25, -0.2) is 0 Å². The van der Waals surface area contributed by atoms with E-state index in [4.69, 9.17) is 23.2 Å². The Kier molecular flexibility index (Phi) is 3.75. The van der Waals surface area contributed by atoms with Gasteiger partial charge >= 0.3 is 0 Å². The van der Waals surface area contributed by atoms with E-state index < -0.39 is 0 Å². The van der Waals surface area contributed by atoms with Gasteiger partial charge in [-0.15, -0.1) is 0 Å². The summed E-state index contributed by atoms with van der Waals surface area (Å²) >= 11 is 11.9. The number of aliphatic hydroxyl groups excluding tert-OH is 1. The predicted octanol–water partition coefficient (Wildman–Crippen LogP) is 3.00. The molecule has 1 saturated carbocycles. The van der Waals surface area contributed by atoms with Crippen LogP contribution in [-0.4, -0.2) is 17.3 Å². The van der Waals surface area contributed by atoms with Gasteiger partial charge in [0.1, 0.15) is 0 Å². The van der Waals surface area contributed by atoms with Crippen molar-refractivity contribution in [3.63, 3.8) is 0 Å². The maximum atomic E-state index is 9.31. The van der Waals surface area contributed by atoms with Crippen LogP contribution in [0.1, 0.15) is 24.8 Å². The second-order valence-corrected chi connectivity index (χ2v) is 5.22. The van der Waals surface area contributed by atoms with Crippen LogP contribution in [0.15, 0.2) is 18.2 Å². The lowest BCUT2D eigenvalue weighted by Gasteiger charge is -2.41. The van der Waals surface area contributed by atoms with E-state index in [1.807, 2.05) is 12.1 Å². The van der Waals surface area contributed by atoms with E-state index in [1.54, 1.807) is 6.07 Å². The molecule has 0 radical (unpaired) electrons. The molecule has 1 fully saturated rings. The molecule has 0 heterocycles. The predicted molar refractivity (Wildman–Crippen MR) is 67.0 cm³/mol. The maximum Gasteiger partial charge on any atom is 0.0613 e. The normalized spacial score (nSPS) is 18.2. The molecule has 16 heavy (non-hydrogen) atoms. The third kappa shape index (κ3) is 2.51. The minimum Gasteiger partial charge on any atom is -0.394 e. The standard InChI is InChI=1S/C12H15Cl2NO/c13-10-3-2-9(11(14)6-10)7-15-12(8-16)4-1-5-12/h2-3,6,15-16H,1,4-5,7-8H2. The Labute approximate surface area is 106 Å². The number of rotatable bonds is 4. The smallest absolute Gasteiger partial charge is 0.0613 e. The first-order chi connectivity index (χ1) is 7.65. The van der Waals surface area contributed by atoms with Crippen molar-refractivity contribution >= 4 is 23.2 Å². The fourth-order valence-electron chi connectivity index (χ4n) is 1.94. The summed E-state index contributed by atoms with van der Waals surface area (Å²) in [7, 11) is 0. The van der Waals surface area contributed by atoms with E-state index in [-0.39, 0.29) is 12.1 Å². The number of halogens is 2. The maximum absolute atomic E-state index is 9.31. The quantitative estimate of drug-likeness (QED) is 0.872. The van der Waals surface area contributed by atoms with Crippen LogP contribution in [0.4, 0.5) is 0 Å². The Bertz CT molecular complexity index is 372. The summed E-state index contributed by atoms with van der Waals surface area (Å²) < 4.78 is 0. The molecular weight excluding hydrogens is 245 g/mol. The van der Waals surface area contributed by atoms with Gasteiger partial charge in [0, 0.05) is 22.1 Å². The lowest BCUT2D eigenvalue weighted by atomic mass is 9.77. The van der Waals surface area contributed by atoms with Crippen molar-refractivity contribution in [2.24, 2.45) is 0 Å². The Hall–Kier alpha value is -0.280. The fourth-order valence-corrected chi connectivity index (χ4v) is 2.42. The van der Waals surface area contributed by atoms with Crippen LogP contribution in [0.25, 0.3) is 0 Å². The number of aliphatic hydroxyl groups is 1. The zero-order valence-electron chi connectivity index (χ0n) is 8.97. The van der Waals surface area contributed by atoms with Crippen LogP contribution in [0, 0.1) is 0 Å². The van der Waals surface area contributed by atoms with Gasteiger partial charge in [-0.05, 0) is 37.0 Å². The first kappa shape index (κ1) is 12.2. The summed E-state index contributed by atoms with van der Waals surface area (Å²) in [5.41, 5.74) is 0.939. The van der Waals surface area contributed by atoms with Crippen molar-refractivity contribution in [3.8, 4) is 0 Å². The van der Waals surface area contributed by atoms with Crippen molar-refractivity contribution in [3.05, 3.63) is 33.8 Å². The summed E-state index contributed by atoms with van der Waals surface area (Å²) in [6.07, 6.45) is 3.26. The second-order valence-electron chi connectivity index (χ2n) is 4.38. The highest BCUT2D eigenvalue weighted by Crippen LogP contribution is 2.32. The second kappa shape index (κ2) is 4.92. The van der Waals surface area contributed by atoms with Crippen molar-refractivity contribution in [2.45, 2.75) is 31.3 Å². The molecule has 0 saturated heterocycles. The molecule has 0 aliphatic heterocycles. The molecule has 0 atom stereocenters. The van der Waals surface area contributed by atoms with Crippen LogP contribution < -0.4 is 5.32 Å². The van der Waals surface area contributed by atoms with Gasteiger partial charge in [-0.1, -0.05) is 29.3 Å². The first-order valence-electron chi connectivity index (χ1n) is 5.45. The SMILES string of the molecule is OCC1(NCc2ccc(Cl)cc2Cl)CCC1. The molecule has 1 aliphatic rings. The van der Waals surface area contributed by atoms with Gasteiger partial charge in [-0.2, -0.15) is 0 Å². The molecule has 2 rings (SSSR count). The first-order valence-corrected chi connectivity index (χ1v) is 6.21. The van der Waals surface area contributed by atoms with Crippen LogP contribution in [0.2, 0.25) is 10.0 Å². The number of hydrogen-bond acceptors (Lipinski definition) is 2. The summed E-state index contributed by atoms with van der Waals surface area (Å²) in [6.45, 7) is 0.870. The minimum absolute atomic E-state index is 0.0804. The third-order valence-electron chi connectivity index (χ3n) is 3.28. The number of hydrogen-bond donors (Lipinski definition) is 2. The van der Waals surface area contributed by atoms with Crippen molar-refractivity contribution < 1.29 is 5.11 Å². The zero-order chi connectivity index (χ0) is 11.6. The van der Waals surface area contributed by atoms with Gasteiger partial charge in [-0.3, -0.25) is 0 Å². The van der Waals surface area contributed by atoms with Gasteiger partial charge in [0.25, 0.3) is 0 Å². The van der Waals surface area contributed by atoms with Gasteiger partial charge < -0.3 is 10.4 Å². The van der Waals surface area contributed by atoms with E-state index >= 15 is 0 Å². The summed E-state index contributed by atoms with van der Waals surface area (Å²) in [6, 6.07) is 5.49. The molecule has 2 nitrogen and oxygen atoms in total. The van der Waals surface area contributed by atoms with Gasteiger partial charge in [0.15, 0.2) is 0 Å². The Balaban J connectivity index is 1.99. The molecule has 1 aromatic rings. The molecular formula is C12H15Cl2NO. The van der Waals surface area contributed by atoms with E-state index in [9.17, 15) is 5.11 Å². The van der Waals surface area contributed by atoms with Gasteiger partial charge in [0.2, 0.25) is 0 Å². The van der Waals surface area contributed by atoms with E-state index in [1.165, 1.54) is 6.42 Å². The van der Waals surface area contributed by atoms with Crippen LogP contribution in [0.5, 0.6) is 0 Å². The molecule has 4 heteroatoms.